The van der Waals surface area contributed by atoms with Crippen LogP contribution in [0.4, 0.5) is 0 Å². The maximum atomic E-state index is 12.4. The fourth-order valence-corrected chi connectivity index (χ4v) is 2.45. The summed E-state index contributed by atoms with van der Waals surface area (Å²) in [5.41, 5.74) is 1.20. The highest BCUT2D eigenvalue weighted by atomic mass is 16.5. The standard InChI is InChI=1S/C16H25N3O2/c1-18(10-11-21-2)8-9-19-13-17-15(16(19)20)12-14-6-4-3-5-7-14/h3-7,15,17H,8-13H2,1-2H3. The fraction of sp³-hybridized carbons (Fsp3) is 0.562. The Labute approximate surface area is 126 Å². The van der Waals surface area contributed by atoms with E-state index < -0.39 is 0 Å². The topological polar surface area (TPSA) is 44.8 Å². The minimum atomic E-state index is -0.0864. The lowest BCUT2D eigenvalue weighted by Gasteiger charge is -2.21. The van der Waals surface area contributed by atoms with Crippen molar-refractivity contribution in [1.29, 1.82) is 0 Å². The van der Waals surface area contributed by atoms with E-state index in [2.05, 4.69) is 29.4 Å². The van der Waals surface area contributed by atoms with Crippen LogP contribution in [-0.2, 0) is 16.0 Å². The smallest absolute Gasteiger partial charge is 0.241 e. The Balaban J connectivity index is 1.76. The summed E-state index contributed by atoms with van der Waals surface area (Å²) in [4.78, 5) is 16.4. The average molecular weight is 291 g/mol. The Hall–Kier alpha value is -1.43. The third-order valence-electron chi connectivity index (χ3n) is 3.85. The molecule has 21 heavy (non-hydrogen) atoms. The van der Waals surface area contributed by atoms with Crippen LogP contribution >= 0.6 is 0 Å². The van der Waals surface area contributed by atoms with Gasteiger partial charge in [-0.1, -0.05) is 30.3 Å². The van der Waals surface area contributed by atoms with Crippen molar-refractivity contribution in [3.05, 3.63) is 35.9 Å². The third-order valence-corrected chi connectivity index (χ3v) is 3.85. The molecule has 5 heteroatoms. The second kappa shape index (κ2) is 8.12. The second-order valence-electron chi connectivity index (χ2n) is 5.50. The largest absolute Gasteiger partial charge is 0.383 e. The molecular formula is C16H25N3O2. The lowest BCUT2D eigenvalue weighted by Crippen LogP contribution is -2.37. The van der Waals surface area contributed by atoms with Crippen molar-refractivity contribution in [3.8, 4) is 0 Å². The number of carbonyl (C=O) groups excluding carboxylic acids is 1. The zero-order valence-electron chi connectivity index (χ0n) is 12.9. The molecule has 5 nitrogen and oxygen atoms in total. The quantitative estimate of drug-likeness (QED) is 0.760. The number of methoxy groups -OCH3 is 1. The van der Waals surface area contributed by atoms with E-state index in [1.165, 1.54) is 5.56 Å². The number of carbonyl (C=O) groups is 1. The van der Waals surface area contributed by atoms with Gasteiger partial charge in [0.25, 0.3) is 0 Å². The van der Waals surface area contributed by atoms with E-state index in [4.69, 9.17) is 4.74 Å². The lowest BCUT2D eigenvalue weighted by molar-refractivity contribution is -0.129. The maximum absolute atomic E-state index is 12.4. The number of hydrogen-bond acceptors (Lipinski definition) is 4. The number of nitrogens with one attached hydrogen (secondary N) is 1. The van der Waals surface area contributed by atoms with Crippen LogP contribution in [0.1, 0.15) is 5.56 Å². The highest BCUT2D eigenvalue weighted by molar-refractivity contribution is 5.84. The number of amides is 1. The number of rotatable bonds is 8. The zero-order chi connectivity index (χ0) is 15.1. The number of likely N-dealkylation sites (N-methyl/N-ethyl adjacent to an activating group) is 1. The summed E-state index contributed by atoms with van der Waals surface area (Å²) < 4.78 is 5.05. The fourth-order valence-electron chi connectivity index (χ4n) is 2.45. The highest BCUT2D eigenvalue weighted by Crippen LogP contribution is 2.10. The molecule has 0 aromatic heterocycles. The first-order chi connectivity index (χ1) is 10.2. The maximum Gasteiger partial charge on any atom is 0.241 e. The van der Waals surface area contributed by atoms with Crippen LogP contribution in [0.3, 0.4) is 0 Å². The van der Waals surface area contributed by atoms with E-state index in [1.807, 2.05) is 23.1 Å². The first kappa shape index (κ1) is 15.9. The van der Waals surface area contributed by atoms with Gasteiger partial charge in [-0.05, 0) is 19.0 Å². The molecule has 1 N–H and O–H groups in total. The molecule has 0 aliphatic carbocycles. The summed E-state index contributed by atoms with van der Waals surface area (Å²) in [7, 11) is 3.75. The van der Waals surface area contributed by atoms with Gasteiger partial charge in [0.2, 0.25) is 5.91 Å². The van der Waals surface area contributed by atoms with Crippen molar-refractivity contribution in [2.75, 3.05) is 47.1 Å². The van der Waals surface area contributed by atoms with Gasteiger partial charge in [-0.2, -0.15) is 0 Å². The van der Waals surface area contributed by atoms with Crippen LogP contribution in [0, 0.1) is 0 Å². The third kappa shape index (κ3) is 4.81. The molecule has 1 amide bonds. The first-order valence-corrected chi connectivity index (χ1v) is 7.44. The molecule has 1 atom stereocenters. The summed E-state index contributed by atoms with van der Waals surface area (Å²) in [6.07, 6.45) is 0.760. The number of ether oxygens (including phenoxy) is 1. The van der Waals surface area contributed by atoms with E-state index in [0.29, 0.717) is 6.67 Å². The highest BCUT2D eigenvalue weighted by Gasteiger charge is 2.30. The molecule has 1 aliphatic rings. The van der Waals surface area contributed by atoms with Crippen molar-refractivity contribution in [2.24, 2.45) is 0 Å². The van der Waals surface area contributed by atoms with Crippen molar-refractivity contribution in [3.63, 3.8) is 0 Å². The Kier molecular flexibility index (Phi) is 6.17. The molecule has 1 aromatic rings. The van der Waals surface area contributed by atoms with Crippen molar-refractivity contribution < 1.29 is 9.53 Å². The van der Waals surface area contributed by atoms with Gasteiger partial charge in [0.05, 0.1) is 19.3 Å². The second-order valence-corrected chi connectivity index (χ2v) is 5.50. The minimum absolute atomic E-state index is 0.0864. The molecule has 2 rings (SSSR count). The van der Waals surface area contributed by atoms with Gasteiger partial charge < -0.3 is 14.5 Å². The molecule has 1 saturated heterocycles. The Bertz CT molecular complexity index is 438. The van der Waals surface area contributed by atoms with E-state index in [9.17, 15) is 4.79 Å². The average Bonchev–Trinajstić information content (AvgIpc) is 2.85. The van der Waals surface area contributed by atoms with Crippen molar-refractivity contribution in [1.82, 2.24) is 15.1 Å². The summed E-state index contributed by atoms with van der Waals surface area (Å²) in [5, 5.41) is 3.31. The molecule has 1 unspecified atom stereocenters. The van der Waals surface area contributed by atoms with Crippen LogP contribution < -0.4 is 5.32 Å². The van der Waals surface area contributed by atoms with Crippen molar-refractivity contribution in [2.45, 2.75) is 12.5 Å². The molecule has 1 aromatic carbocycles. The molecule has 0 saturated carbocycles. The van der Waals surface area contributed by atoms with E-state index in [1.54, 1.807) is 7.11 Å². The van der Waals surface area contributed by atoms with Crippen LogP contribution in [0.15, 0.2) is 30.3 Å². The van der Waals surface area contributed by atoms with Gasteiger partial charge in [-0.25, -0.2) is 0 Å². The predicted octanol–water partition coefficient (Wildman–Crippen LogP) is 0.565. The van der Waals surface area contributed by atoms with Gasteiger partial charge >= 0.3 is 0 Å². The summed E-state index contributed by atoms with van der Waals surface area (Å²) in [6, 6.07) is 10.1. The molecule has 0 bridgehead atoms. The molecular weight excluding hydrogens is 266 g/mol. The lowest BCUT2D eigenvalue weighted by atomic mass is 10.1. The Morgan fingerprint density at radius 1 is 1.33 bits per heavy atom. The Morgan fingerprint density at radius 2 is 2.10 bits per heavy atom. The summed E-state index contributed by atoms with van der Waals surface area (Å²) in [6.45, 7) is 3.89. The van der Waals surface area contributed by atoms with Gasteiger partial charge in [0, 0.05) is 26.7 Å². The number of hydrogen-bond donors (Lipinski definition) is 1. The zero-order valence-corrected chi connectivity index (χ0v) is 12.9. The first-order valence-electron chi connectivity index (χ1n) is 7.44. The summed E-state index contributed by atoms with van der Waals surface area (Å²) in [5.74, 6) is 0.207. The van der Waals surface area contributed by atoms with E-state index in [-0.39, 0.29) is 11.9 Å². The van der Waals surface area contributed by atoms with Gasteiger partial charge in [0.15, 0.2) is 0 Å². The van der Waals surface area contributed by atoms with Gasteiger partial charge in [0.1, 0.15) is 0 Å². The minimum Gasteiger partial charge on any atom is -0.383 e. The molecule has 0 radical (unpaired) electrons. The van der Waals surface area contributed by atoms with E-state index in [0.717, 1.165) is 32.7 Å². The van der Waals surface area contributed by atoms with Gasteiger partial charge in [-0.15, -0.1) is 0 Å². The van der Waals surface area contributed by atoms with Crippen molar-refractivity contribution >= 4 is 5.91 Å². The molecule has 1 fully saturated rings. The molecule has 1 aliphatic heterocycles. The normalized spacial score (nSPS) is 18.7. The summed E-state index contributed by atoms with van der Waals surface area (Å²) >= 11 is 0. The molecule has 0 spiro atoms. The molecule has 116 valence electrons. The SMILES string of the molecule is COCCN(C)CCN1CNC(Cc2ccccc2)C1=O. The predicted molar refractivity (Wildman–Crippen MR) is 83.0 cm³/mol. The van der Waals surface area contributed by atoms with Crippen LogP contribution in [0.25, 0.3) is 0 Å². The van der Waals surface area contributed by atoms with Gasteiger partial charge in [-0.3, -0.25) is 10.1 Å². The number of nitrogens with zero attached hydrogens (tertiary/aromatic N) is 2. The monoisotopic (exact) mass is 291 g/mol. The Morgan fingerprint density at radius 3 is 2.81 bits per heavy atom. The van der Waals surface area contributed by atoms with Crippen LogP contribution in [0.5, 0.6) is 0 Å². The van der Waals surface area contributed by atoms with Crippen LogP contribution in [0.2, 0.25) is 0 Å². The number of benzene rings is 1. The van der Waals surface area contributed by atoms with E-state index >= 15 is 0 Å². The molecule has 1 heterocycles. The van der Waals surface area contributed by atoms with Crippen LogP contribution in [-0.4, -0.2) is 68.8 Å².